The Morgan fingerprint density at radius 1 is 1.20 bits per heavy atom. The number of nitrogens with one attached hydrogen (secondary N) is 2. The lowest BCUT2D eigenvalue weighted by Gasteiger charge is -2.03. The highest BCUT2D eigenvalue weighted by molar-refractivity contribution is 6.05. The Morgan fingerprint density at radius 3 is 2.88 bits per heavy atom. The Morgan fingerprint density at radius 2 is 2.04 bits per heavy atom. The molecule has 4 aromatic rings. The van der Waals surface area contributed by atoms with Gasteiger partial charge in [0, 0.05) is 11.8 Å². The van der Waals surface area contributed by atoms with Gasteiger partial charge in [-0.2, -0.15) is 5.10 Å². The minimum Gasteiger partial charge on any atom is -0.342 e. The van der Waals surface area contributed by atoms with Crippen LogP contribution in [0, 0.1) is 6.92 Å². The number of benzene rings is 2. The predicted molar refractivity (Wildman–Crippen MR) is 96.6 cm³/mol. The third-order valence-electron chi connectivity index (χ3n) is 3.94. The molecule has 6 heteroatoms. The second-order valence-corrected chi connectivity index (χ2v) is 5.92. The molecule has 0 atom stereocenters. The van der Waals surface area contributed by atoms with E-state index in [1.54, 1.807) is 23.0 Å². The Labute approximate surface area is 144 Å². The third-order valence-corrected chi connectivity index (χ3v) is 3.94. The molecule has 0 aliphatic rings. The van der Waals surface area contributed by atoms with Crippen LogP contribution in [0.3, 0.4) is 0 Å². The topological polar surface area (TPSA) is 75.6 Å². The summed E-state index contributed by atoms with van der Waals surface area (Å²) in [5.74, 6) is 0.656. The van der Waals surface area contributed by atoms with Gasteiger partial charge < -0.3 is 10.3 Å². The number of aryl methyl sites for hydroxylation is 1. The molecule has 4 rings (SSSR count). The van der Waals surface area contributed by atoms with Gasteiger partial charge in [0.15, 0.2) is 0 Å². The lowest BCUT2D eigenvalue weighted by molar-refractivity contribution is 0.102. The minimum atomic E-state index is -0.173. The highest BCUT2D eigenvalue weighted by atomic mass is 16.1. The van der Waals surface area contributed by atoms with E-state index in [1.807, 2.05) is 49.5 Å². The number of nitrogens with zero attached hydrogens (tertiary/aromatic N) is 3. The van der Waals surface area contributed by atoms with Crippen molar-refractivity contribution in [3.63, 3.8) is 0 Å². The van der Waals surface area contributed by atoms with Gasteiger partial charge in [0.25, 0.3) is 5.91 Å². The van der Waals surface area contributed by atoms with E-state index < -0.39 is 0 Å². The first kappa shape index (κ1) is 15.1. The zero-order chi connectivity index (χ0) is 17.2. The summed E-state index contributed by atoms with van der Waals surface area (Å²) in [5.41, 5.74) is 4.10. The summed E-state index contributed by atoms with van der Waals surface area (Å²) in [4.78, 5) is 19.9. The molecule has 0 aliphatic heterocycles. The van der Waals surface area contributed by atoms with Crippen LogP contribution in [0.2, 0.25) is 0 Å². The Balaban J connectivity index is 1.48. The number of carbonyl (C=O) groups is 1. The lowest BCUT2D eigenvalue weighted by Crippen LogP contribution is -2.11. The molecule has 2 N–H and O–H groups in total. The number of amides is 1. The zero-order valence-corrected chi connectivity index (χ0v) is 13.7. The molecule has 1 amide bonds. The van der Waals surface area contributed by atoms with Gasteiger partial charge in [-0.25, -0.2) is 4.98 Å². The van der Waals surface area contributed by atoms with Gasteiger partial charge in [-0.1, -0.05) is 30.3 Å². The normalized spacial score (nSPS) is 10.9. The maximum absolute atomic E-state index is 12.4. The quantitative estimate of drug-likeness (QED) is 0.602. The van der Waals surface area contributed by atoms with Crippen molar-refractivity contribution in [3.8, 4) is 0 Å². The van der Waals surface area contributed by atoms with Crippen LogP contribution in [0.1, 0.15) is 21.7 Å². The molecule has 25 heavy (non-hydrogen) atoms. The van der Waals surface area contributed by atoms with Crippen molar-refractivity contribution in [3.05, 3.63) is 77.9 Å². The number of carbonyl (C=O) groups excluding carboxylic acids is 1. The first-order chi connectivity index (χ1) is 12.2. The van der Waals surface area contributed by atoms with Crippen LogP contribution in [0.4, 0.5) is 5.69 Å². The number of aromatic amines is 1. The molecule has 0 spiro atoms. The number of H-pyrrole nitrogens is 1. The predicted octanol–water partition coefficient (Wildman–Crippen LogP) is 3.37. The fourth-order valence-corrected chi connectivity index (χ4v) is 2.77. The van der Waals surface area contributed by atoms with Crippen molar-refractivity contribution in [2.75, 3.05) is 5.32 Å². The average molecular weight is 331 g/mol. The number of aromatic nitrogens is 4. The van der Waals surface area contributed by atoms with E-state index in [0.717, 1.165) is 22.4 Å². The van der Waals surface area contributed by atoms with Gasteiger partial charge in [0.1, 0.15) is 5.82 Å². The number of hydrogen-bond donors (Lipinski definition) is 2. The monoisotopic (exact) mass is 331 g/mol. The highest BCUT2D eigenvalue weighted by Crippen LogP contribution is 2.15. The first-order valence-corrected chi connectivity index (χ1v) is 8.01. The van der Waals surface area contributed by atoms with Gasteiger partial charge in [-0.15, -0.1) is 0 Å². The molecular weight excluding hydrogens is 314 g/mol. The molecule has 0 radical (unpaired) electrons. The van der Waals surface area contributed by atoms with Crippen molar-refractivity contribution in [1.82, 2.24) is 19.7 Å². The SMILES string of the molecule is Cc1nc2ccc(C(=O)Nc3cnn(Cc4ccccc4)c3)cc2[nH]1. The molecule has 0 bridgehead atoms. The number of anilines is 1. The lowest BCUT2D eigenvalue weighted by atomic mass is 10.2. The molecule has 0 fully saturated rings. The zero-order valence-electron chi connectivity index (χ0n) is 13.7. The van der Waals surface area contributed by atoms with Gasteiger partial charge in [-0.05, 0) is 30.7 Å². The third kappa shape index (κ3) is 3.28. The molecule has 0 unspecified atom stereocenters. The molecule has 2 aromatic heterocycles. The van der Waals surface area contributed by atoms with E-state index in [9.17, 15) is 4.79 Å². The van der Waals surface area contributed by atoms with Crippen molar-refractivity contribution in [2.24, 2.45) is 0 Å². The average Bonchev–Trinajstić information content (AvgIpc) is 3.20. The molecular formula is C19H17N5O. The fourth-order valence-electron chi connectivity index (χ4n) is 2.77. The standard InChI is InChI=1S/C19H17N5O/c1-13-21-17-8-7-15(9-18(17)22-13)19(25)23-16-10-20-24(12-16)11-14-5-3-2-4-6-14/h2-10,12H,11H2,1H3,(H,21,22)(H,23,25). The molecule has 0 aliphatic carbocycles. The molecule has 0 saturated heterocycles. The van der Waals surface area contributed by atoms with Gasteiger partial charge in [0.05, 0.1) is 29.5 Å². The van der Waals surface area contributed by atoms with Gasteiger partial charge >= 0.3 is 0 Å². The van der Waals surface area contributed by atoms with E-state index in [0.29, 0.717) is 17.8 Å². The van der Waals surface area contributed by atoms with Gasteiger partial charge in [0.2, 0.25) is 0 Å². The van der Waals surface area contributed by atoms with Crippen LogP contribution in [0.25, 0.3) is 11.0 Å². The molecule has 2 aromatic carbocycles. The van der Waals surface area contributed by atoms with Crippen molar-refractivity contribution >= 4 is 22.6 Å². The molecule has 124 valence electrons. The van der Waals surface area contributed by atoms with E-state index in [1.165, 1.54) is 0 Å². The molecule has 0 saturated carbocycles. The summed E-state index contributed by atoms with van der Waals surface area (Å²) in [6, 6.07) is 15.5. The second kappa shape index (κ2) is 6.24. The summed E-state index contributed by atoms with van der Waals surface area (Å²) in [7, 11) is 0. The minimum absolute atomic E-state index is 0.173. The highest BCUT2D eigenvalue weighted by Gasteiger charge is 2.10. The number of imidazole rings is 1. The van der Waals surface area contributed by atoms with Crippen molar-refractivity contribution in [1.29, 1.82) is 0 Å². The first-order valence-electron chi connectivity index (χ1n) is 8.01. The van der Waals surface area contributed by atoms with E-state index in [2.05, 4.69) is 20.4 Å². The summed E-state index contributed by atoms with van der Waals surface area (Å²) < 4.78 is 1.80. The molecule has 2 heterocycles. The van der Waals surface area contributed by atoms with Crippen molar-refractivity contribution in [2.45, 2.75) is 13.5 Å². The van der Waals surface area contributed by atoms with Crippen LogP contribution < -0.4 is 5.32 Å². The Hall–Kier alpha value is -3.41. The summed E-state index contributed by atoms with van der Waals surface area (Å²) in [6.07, 6.45) is 3.48. The van der Waals surface area contributed by atoms with E-state index in [-0.39, 0.29) is 5.91 Å². The second-order valence-electron chi connectivity index (χ2n) is 5.92. The number of rotatable bonds is 4. The summed E-state index contributed by atoms with van der Waals surface area (Å²) >= 11 is 0. The van der Waals surface area contributed by atoms with Crippen molar-refractivity contribution < 1.29 is 4.79 Å². The van der Waals surface area contributed by atoms with E-state index >= 15 is 0 Å². The largest absolute Gasteiger partial charge is 0.342 e. The molecule has 6 nitrogen and oxygen atoms in total. The fraction of sp³-hybridized carbons (Fsp3) is 0.105. The van der Waals surface area contributed by atoms with Crippen LogP contribution in [-0.4, -0.2) is 25.7 Å². The number of fused-ring (bicyclic) bond motifs is 1. The Kier molecular flexibility index (Phi) is 3.78. The summed E-state index contributed by atoms with van der Waals surface area (Å²) in [5, 5.41) is 7.18. The van der Waals surface area contributed by atoms with Crippen LogP contribution in [0.5, 0.6) is 0 Å². The van der Waals surface area contributed by atoms with Crippen LogP contribution in [-0.2, 0) is 6.54 Å². The maximum atomic E-state index is 12.4. The number of hydrogen-bond acceptors (Lipinski definition) is 3. The maximum Gasteiger partial charge on any atom is 0.255 e. The Bertz CT molecular complexity index is 1030. The van der Waals surface area contributed by atoms with Gasteiger partial charge in [-0.3, -0.25) is 9.48 Å². The van der Waals surface area contributed by atoms with Crippen LogP contribution in [0.15, 0.2) is 60.9 Å². The smallest absolute Gasteiger partial charge is 0.255 e. The summed E-state index contributed by atoms with van der Waals surface area (Å²) in [6.45, 7) is 2.55. The van der Waals surface area contributed by atoms with E-state index in [4.69, 9.17) is 0 Å². The van der Waals surface area contributed by atoms with Crippen LogP contribution >= 0.6 is 0 Å².